The molecule has 16 heavy (non-hydrogen) atoms. The number of imide groups is 1. The molecular weight excluding hydrogens is 226 g/mol. The fourth-order valence-corrected chi connectivity index (χ4v) is 2.33. The van der Waals surface area contributed by atoms with Crippen LogP contribution in [0, 0.1) is 6.92 Å². The van der Waals surface area contributed by atoms with Crippen molar-refractivity contribution >= 4 is 23.3 Å². The van der Waals surface area contributed by atoms with Crippen LogP contribution in [0.1, 0.15) is 24.5 Å². The van der Waals surface area contributed by atoms with Crippen LogP contribution in [0.25, 0.3) is 0 Å². The van der Waals surface area contributed by atoms with Gasteiger partial charge in [-0.2, -0.15) is 0 Å². The van der Waals surface area contributed by atoms with E-state index in [0.29, 0.717) is 6.54 Å². The van der Waals surface area contributed by atoms with E-state index in [0.717, 1.165) is 10.7 Å². The molecule has 0 atom stereocenters. The van der Waals surface area contributed by atoms with E-state index in [4.69, 9.17) is 0 Å². The topological polar surface area (TPSA) is 62.3 Å². The number of hydrogen-bond acceptors (Lipinski definition) is 4. The molecule has 0 aliphatic carbocycles. The van der Waals surface area contributed by atoms with Gasteiger partial charge >= 0.3 is 6.03 Å². The molecule has 1 aliphatic heterocycles. The summed E-state index contributed by atoms with van der Waals surface area (Å²) in [4.78, 5) is 28.9. The van der Waals surface area contributed by atoms with Crippen LogP contribution in [0.2, 0.25) is 0 Å². The second-order valence-electron chi connectivity index (χ2n) is 4.29. The average molecular weight is 239 g/mol. The second-order valence-corrected chi connectivity index (χ2v) is 5.23. The predicted molar refractivity (Wildman–Crippen MR) is 60.0 cm³/mol. The molecule has 0 spiro atoms. The minimum Gasteiger partial charge on any atom is -0.304 e. The average Bonchev–Trinajstić information content (AvgIpc) is 2.66. The number of thiazole rings is 1. The van der Waals surface area contributed by atoms with Crippen LogP contribution in [-0.2, 0) is 11.3 Å². The van der Waals surface area contributed by atoms with Crippen molar-refractivity contribution in [2.75, 3.05) is 0 Å². The third kappa shape index (κ3) is 1.69. The van der Waals surface area contributed by atoms with Gasteiger partial charge < -0.3 is 4.90 Å². The summed E-state index contributed by atoms with van der Waals surface area (Å²) in [5.41, 5.74) is 0.139. The van der Waals surface area contributed by atoms with Gasteiger partial charge in [0.2, 0.25) is 0 Å². The Morgan fingerprint density at radius 3 is 2.62 bits per heavy atom. The van der Waals surface area contributed by atoms with Crippen LogP contribution >= 0.6 is 11.3 Å². The van der Waals surface area contributed by atoms with Crippen molar-refractivity contribution in [1.29, 1.82) is 0 Å². The van der Waals surface area contributed by atoms with E-state index in [9.17, 15) is 9.59 Å². The summed E-state index contributed by atoms with van der Waals surface area (Å²) in [5.74, 6) is -0.259. The van der Waals surface area contributed by atoms with Gasteiger partial charge in [-0.15, -0.1) is 11.3 Å². The monoisotopic (exact) mass is 239 g/mol. The summed E-state index contributed by atoms with van der Waals surface area (Å²) in [5, 5.41) is 5.08. The van der Waals surface area contributed by atoms with Gasteiger partial charge in [-0.3, -0.25) is 10.1 Å². The van der Waals surface area contributed by atoms with Crippen LogP contribution in [0.3, 0.4) is 0 Å². The van der Waals surface area contributed by atoms with Crippen LogP contribution in [-0.4, -0.2) is 27.4 Å². The van der Waals surface area contributed by atoms with Gasteiger partial charge in [-0.25, -0.2) is 9.78 Å². The van der Waals surface area contributed by atoms with Crippen molar-refractivity contribution in [3.05, 3.63) is 16.1 Å². The number of nitrogens with one attached hydrogen (secondary N) is 1. The number of carbonyl (C=O) groups excluding carboxylic acids is 2. The lowest BCUT2D eigenvalue weighted by atomic mass is 10.1. The smallest absolute Gasteiger partial charge is 0.304 e. The summed E-state index contributed by atoms with van der Waals surface area (Å²) in [6.07, 6.45) is 0. The van der Waals surface area contributed by atoms with Crippen molar-refractivity contribution in [2.24, 2.45) is 0 Å². The molecule has 86 valence electrons. The van der Waals surface area contributed by atoms with Crippen molar-refractivity contribution in [3.63, 3.8) is 0 Å². The standard InChI is InChI=1S/C10H13N3O2S/c1-6-5-16-7(11-6)4-13-9(15)12-8(14)10(13,2)3/h5H,4H2,1-3H3,(H,12,14,15). The zero-order valence-corrected chi connectivity index (χ0v) is 10.2. The van der Waals surface area contributed by atoms with Crippen molar-refractivity contribution in [2.45, 2.75) is 32.9 Å². The number of aromatic nitrogens is 1. The van der Waals surface area contributed by atoms with Gasteiger partial charge in [0.05, 0.1) is 6.54 Å². The molecule has 0 aromatic carbocycles. The van der Waals surface area contributed by atoms with E-state index in [1.54, 1.807) is 13.8 Å². The summed E-state index contributed by atoms with van der Waals surface area (Å²) in [6.45, 7) is 5.74. The number of carbonyl (C=O) groups is 2. The molecule has 0 bridgehead atoms. The second kappa shape index (κ2) is 3.55. The minimum atomic E-state index is -0.795. The lowest BCUT2D eigenvalue weighted by Crippen LogP contribution is -2.43. The first-order chi connectivity index (χ1) is 7.41. The Morgan fingerprint density at radius 1 is 1.50 bits per heavy atom. The largest absolute Gasteiger partial charge is 0.325 e. The maximum Gasteiger partial charge on any atom is 0.325 e. The van der Waals surface area contributed by atoms with Gasteiger partial charge in [0.1, 0.15) is 10.5 Å². The highest BCUT2D eigenvalue weighted by molar-refractivity contribution is 7.09. The van der Waals surface area contributed by atoms with Gasteiger partial charge in [-0.1, -0.05) is 0 Å². The van der Waals surface area contributed by atoms with Crippen molar-refractivity contribution < 1.29 is 9.59 Å². The molecular formula is C10H13N3O2S. The molecule has 5 nitrogen and oxygen atoms in total. The molecule has 1 aromatic rings. The molecule has 0 unspecified atom stereocenters. The third-order valence-electron chi connectivity index (χ3n) is 2.66. The first-order valence-electron chi connectivity index (χ1n) is 4.95. The lowest BCUT2D eigenvalue weighted by molar-refractivity contribution is -0.125. The number of nitrogens with zero attached hydrogens (tertiary/aromatic N) is 2. The quantitative estimate of drug-likeness (QED) is 0.791. The fraction of sp³-hybridized carbons (Fsp3) is 0.500. The molecule has 6 heteroatoms. The van der Waals surface area contributed by atoms with E-state index in [1.165, 1.54) is 16.2 Å². The van der Waals surface area contributed by atoms with Crippen LogP contribution in [0.15, 0.2) is 5.38 Å². The molecule has 1 N–H and O–H groups in total. The Balaban J connectivity index is 2.21. The lowest BCUT2D eigenvalue weighted by Gasteiger charge is -2.26. The molecule has 0 saturated carbocycles. The Labute approximate surface area is 97.5 Å². The molecule has 2 heterocycles. The Kier molecular flexibility index (Phi) is 2.46. The molecule has 3 amide bonds. The Morgan fingerprint density at radius 2 is 2.19 bits per heavy atom. The number of amides is 3. The minimum absolute atomic E-state index is 0.259. The first-order valence-corrected chi connectivity index (χ1v) is 5.83. The molecule has 2 rings (SSSR count). The third-order valence-corrected chi connectivity index (χ3v) is 3.61. The zero-order chi connectivity index (χ0) is 11.9. The molecule has 1 fully saturated rings. The number of rotatable bonds is 2. The predicted octanol–water partition coefficient (Wildman–Crippen LogP) is 1.28. The fourth-order valence-electron chi connectivity index (χ4n) is 1.57. The highest BCUT2D eigenvalue weighted by Gasteiger charge is 2.45. The zero-order valence-electron chi connectivity index (χ0n) is 9.40. The van der Waals surface area contributed by atoms with Gasteiger partial charge in [0.25, 0.3) is 5.91 Å². The molecule has 1 aliphatic rings. The summed E-state index contributed by atoms with van der Waals surface area (Å²) in [6, 6.07) is -0.345. The molecule has 1 aromatic heterocycles. The number of hydrogen-bond donors (Lipinski definition) is 1. The summed E-state index contributed by atoms with van der Waals surface area (Å²) < 4.78 is 0. The van der Waals surface area contributed by atoms with E-state index in [-0.39, 0.29) is 11.9 Å². The Bertz CT molecular complexity index is 453. The first kappa shape index (κ1) is 11.1. The van der Waals surface area contributed by atoms with E-state index < -0.39 is 5.54 Å². The van der Waals surface area contributed by atoms with Gasteiger partial charge in [0.15, 0.2) is 0 Å². The van der Waals surface area contributed by atoms with Crippen LogP contribution < -0.4 is 5.32 Å². The highest BCUT2D eigenvalue weighted by Crippen LogP contribution is 2.24. The van der Waals surface area contributed by atoms with Gasteiger partial charge in [-0.05, 0) is 20.8 Å². The van der Waals surface area contributed by atoms with Crippen molar-refractivity contribution in [1.82, 2.24) is 15.2 Å². The normalized spacial score (nSPS) is 19.1. The highest BCUT2D eigenvalue weighted by atomic mass is 32.1. The molecule has 1 saturated heterocycles. The van der Waals surface area contributed by atoms with E-state index in [1.807, 2.05) is 12.3 Å². The SMILES string of the molecule is Cc1csc(CN2C(=O)NC(=O)C2(C)C)n1. The van der Waals surface area contributed by atoms with Crippen LogP contribution in [0.5, 0.6) is 0 Å². The van der Waals surface area contributed by atoms with E-state index >= 15 is 0 Å². The van der Waals surface area contributed by atoms with Gasteiger partial charge in [0, 0.05) is 11.1 Å². The maximum atomic E-state index is 11.6. The molecule has 0 radical (unpaired) electrons. The maximum absolute atomic E-state index is 11.6. The number of aryl methyl sites for hydroxylation is 1. The van der Waals surface area contributed by atoms with Crippen molar-refractivity contribution in [3.8, 4) is 0 Å². The summed E-state index contributed by atoms with van der Waals surface area (Å²) in [7, 11) is 0. The van der Waals surface area contributed by atoms with Crippen LogP contribution in [0.4, 0.5) is 4.79 Å². The number of urea groups is 1. The Hall–Kier alpha value is -1.43. The summed E-state index contributed by atoms with van der Waals surface area (Å²) >= 11 is 1.50. The van der Waals surface area contributed by atoms with E-state index in [2.05, 4.69) is 10.3 Å².